The molecule has 0 radical (unpaired) electrons. The highest BCUT2D eigenvalue weighted by molar-refractivity contribution is 14.1. The Morgan fingerprint density at radius 1 is 1.30 bits per heavy atom. The number of benzene rings is 2. The van der Waals surface area contributed by atoms with Gasteiger partial charge in [-0.05, 0) is 64.9 Å². The van der Waals surface area contributed by atoms with E-state index < -0.39 is 0 Å². The van der Waals surface area contributed by atoms with E-state index in [1.165, 1.54) is 0 Å². The minimum atomic E-state index is 0.450. The molecule has 2 aromatic carbocycles. The number of aryl methyl sites for hydroxylation is 1. The van der Waals surface area contributed by atoms with Crippen LogP contribution in [0.4, 0.5) is 5.69 Å². The standard InChI is InChI=1S/C18H19ClINO2/c1-4-7-23-18-16(20)8-13(9-17(18)22-3)11-21-14-6-5-12(2)15(19)10-14/h4-6,8-10,21H,1,7,11H2,2-3H3. The zero-order valence-electron chi connectivity index (χ0n) is 13.2. The molecule has 0 unspecified atom stereocenters. The number of rotatable bonds is 7. The first kappa shape index (κ1) is 17.9. The van der Waals surface area contributed by atoms with Crippen molar-refractivity contribution in [3.63, 3.8) is 0 Å². The molecule has 122 valence electrons. The second-order valence-electron chi connectivity index (χ2n) is 5.03. The highest BCUT2D eigenvalue weighted by Crippen LogP contribution is 2.34. The van der Waals surface area contributed by atoms with Gasteiger partial charge in [0.05, 0.1) is 10.7 Å². The monoisotopic (exact) mass is 443 g/mol. The number of anilines is 1. The normalized spacial score (nSPS) is 10.3. The zero-order chi connectivity index (χ0) is 16.8. The molecule has 0 saturated heterocycles. The second kappa shape index (κ2) is 8.45. The van der Waals surface area contributed by atoms with E-state index in [2.05, 4.69) is 40.6 Å². The summed E-state index contributed by atoms with van der Waals surface area (Å²) in [6.07, 6.45) is 1.71. The van der Waals surface area contributed by atoms with Gasteiger partial charge in [0.2, 0.25) is 0 Å². The molecule has 0 fully saturated rings. The topological polar surface area (TPSA) is 30.5 Å². The number of nitrogens with one attached hydrogen (secondary N) is 1. The summed E-state index contributed by atoms with van der Waals surface area (Å²) in [5, 5.41) is 4.13. The number of methoxy groups -OCH3 is 1. The molecule has 0 aliphatic carbocycles. The average molecular weight is 444 g/mol. The van der Waals surface area contributed by atoms with Gasteiger partial charge in [0.1, 0.15) is 6.61 Å². The van der Waals surface area contributed by atoms with E-state index in [0.29, 0.717) is 13.2 Å². The summed E-state index contributed by atoms with van der Waals surface area (Å²) < 4.78 is 12.1. The summed E-state index contributed by atoms with van der Waals surface area (Å²) in [5.41, 5.74) is 3.16. The third-order valence-corrected chi connectivity index (χ3v) is 4.51. The predicted molar refractivity (Wildman–Crippen MR) is 105 cm³/mol. The van der Waals surface area contributed by atoms with Crippen LogP contribution in [0.2, 0.25) is 5.02 Å². The fourth-order valence-electron chi connectivity index (χ4n) is 2.06. The SMILES string of the molecule is C=CCOc1c(I)cc(CNc2ccc(C)c(Cl)c2)cc1OC. The third-order valence-electron chi connectivity index (χ3n) is 3.30. The molecule has 2 aromatic rings. The van der Waals surface area contributed by atoms with E-state index >= 15 is 0 Å². The number of ether oxygens (including phenoxy) is 2. The fraction of sp³-hybridized carbons (Fsp3) is 0.222. The van der Waals surface area contributed by atoms with Crippen LogP contribution < -0.4 is 14.8 Å². The highest BCUT2D eigenvalue weighted by atomic mass is 127. The smallest absolute Gasteiger partial charge is 0.174 e. The molecule has 5 heteroatoms. The lowest BCUT2D eigenvalue weighted by Crippen LogP contribution is -2.03. The van der Waals surface area contributed by atoms with Crippen molar-refractivity contribution in [3.05, 3.63) is 62.7 Å². The number of hydrogen-bond acceptors (Lipinski definition) is 3. The van der Waals surface area contributed by atoms with Crippen molar-refractivity contribution < 1.29 is 9.47 Å². The highest BCUT2D eigenvalue weighted by Gasteiger charge is 2.11. The molecular weight excluding hydrogens is 425 g/mol. The van der Waals surface area contributed by atoms with Gasteiger partial charge in [-0.3, -0.25) is 0 Å². The van der Waals surface area contributed by atoms with Crippen LogP contribution in [0.3, 0.4) is 0 Å². The molecule has 0 aromatic heterocycles. The van der Waals surface area contributed by atoms with Crippen molar-refractivity contribution in [2.24, 2.45) is 0 Å². The molecule has 0 saturated carbocycles. The number of hydrogen-bond donors (Lipinski definition) is 1. The van der Waals surface area contributed by atoms with E-state index in [0.717, 1.165) is 36.9 Å². The molecule has 23 heavy (non-hydrogen) atoms. The van der Waals surface area contributed by atoms with E-state index in [1.54, 1.807) is 13.2 Å². The quantitative estimate of drug-likeness (QED) is 0.457. The first-order valence-corrected chi connectivity index (χ1v) is 8.61. The van der Waals surface area contributed by atoms with E-state index in [-0.39, 0.29) is 0 Å². The molecule has 0 amide bonds. The van der Waals surface area contributed by atoms with Crippen LogP contribution in [0.25, 0.3) is 0 Å². The maximum atomic E-state index is 6.15. The Morgan fingerprint density at radius 2 is 2.09 bits per heavy atom. The first-order valence-electron chi connectivity index (χ1n) is 7.15. The molecule has 0 aliphatic rings. The Balaban J connectivity index is 2.15. The van der Waals surface area contributed by atoms with Gasteiger partial charge >= 0.3 is 0 Å². The van der Waals surface area contributed by atoms with Gasteiger partial charge in [0.25, 0.3) is 0 Å². The molecule has 3 nitrogen and oxygen atoms in total. The van der Waals surface area contributed by atoms with Crippen molar-refractivity contribution in [2.75, 3.05) is 19.0 Å². The Hall–Kier alpha value is -1.40. The van der Waals surface area contributed by atoms with Gasteiger partial charge in [-0.15, -0.1) is 0 Å². The Kier molecular flexibility index (Phi) is 6.59. The summed E-state index contributed by atoms with van der Waals surface area (Å²) >= 11 is 8.40. The molecular formula is C18H19ClINO2. The van der Waals surface area contributed by atoms with Gasteiger partial charge in [-0.2, -0.15) is 0 Å². The minimum Gasteiger partial charge on any atom is -0.493 e. The Bertz CT molecular complexity index is 704. The number of halogens is 2. The molecule has 2 rings (SSSR count). The first-order chi connectivity index (χ1) is 11.0. The second-order valence-corrected chi connectivity index (χ2v) is 6.60. The fourth-order valence-corrected chi connectivity index (χ4v) is 3.07. The van der Waals surface area contributed by atoms with Gasteiger partial charge in [-0.25, -0.2) is 0 Å². The summed E-state index contributed by atoms with van der Waals surface area (Å²) in [6.45, 7) is 6.78. The minimum absolute atomic E-state index is 0.450. The van der Waals surface area contributed by atoms with Crippen LogP contribution in [0, 0.1) is 10.5 Å². The van der Waals surface area contributed by atoms with Crippen molar-refractivity contribution in [2.45, 2.75) is 13.5 Å². The Morgan fingerprint density at radius 3 is 2.74 bits per heavy atom. The van der Waals surface area contributed by atoms with Crippen molar-refractivity contribution in [1.29, 1.82) is 0 Å². The molecule has 0 bridgehead atoms. The lowest BCUT2D eigenvalue weighted by atomic mass is 10.2. The van der Waals surface area contributed by atoms with Crippen molar-refractivity contribution in [1.82, 2.24) is 0 Å². The van der Waals surface area contributed by atoms with E-state index in [9.17, 15) is 0 Å². The van der Waals surface area contributed by atoms with Gasteiger partial charge < -0.3 is 14.8 Å². The zero-order valence-corrected chi connectivity index (χ0v) is 16.1. The maximum absolute atomic E-state index is 6.15. The van der Waals surface area contributed by atoms with Crippen molar-refractivity contribution in [3.8, 4) is 11.5 Å². The maximum Gasteiger partial charge on any atom is 0.174 e. The molecule has 0 spiro atoms. The van der Waals surface area contributed by atoms with Crippen LogP contribution in [0.1, 0.15) is 11.1 Å². The van der Waals surface area contributed by atoms with Gasteiger partial charge in [0, 0.05) is 17.3 Å². The largest absolute Gasteiger partial charge is 0.493 e. The summed E-state index contributed by atoms with van der Waals surface area (Å²) in [6, 6.07) is 10.0. The summed E-state index contributed by atoms with van der Waals surface area (Å²) in [4.78, 5) is 0. The molecule has 0 atom stereocenters. The lowest BCUT2D eigenvalue weighted by molar-refractivity contribution is 0.324. The van der Waals surface area contributed by atoms with E-state index in [1.807, 2.05) is 31.2 Å². The van der Waals surface area contributed by atoms with Gasteiger partial charge in [0.15, 0.2) is 11.5 Å². The van der Waals surface area contributed by atoms with Crippen LogP contribution in [0.5, 0.6) is 11.5 Å². The van der Waals surface area contributed by atoms with E-state index in [4.69, 9.17) is 21.1 Å². The summed E-state index contributed by atoms with van der Waals surface area (Å²) in [5.74, 6) is 1.47. The molecule has 0 aliphatic heterocycles. The van der Waals surface area contributed by atoms with Crippen LogP contribution in [-0.4, -0.2) is 13.7 Å². The third kappa shape index (κ3) is 4.78. The van der Waals surface area contributed by atoms with Crippen LogP contribution in [0.15, 0.2) is 43.0 Å². The predicted octanol–water partition coefficient (Wildman–Crippen LogP) is 5.44. The van der Waals surface area contributed by atoms with Gasteiger partial charge in [-0.1, -0.05) is 30.3 Å². The van der Waals surface area contributed by atoms with Crippen LogP contribution in [-0.2, 0) is 6.54 Å². The summed E-state index contributed by atoms with van der Waals surface area (Å²) in [7, 11) is 1.64. The van der Waals surface area contributed by atoms with Crippen molar-refractivity contribution >= 4 is 39.9 Å². The Labute approximate surface area is 155 Å². The molecule has 1 N–H and O–H groups in total. The average Bonchev–Trinajstić information content (AvgIpc) is 2.54. The molecule has 0 heterocycles. The lowest BCUT2D eigenvalue weighted by Gasteiger charge is -2.14. The van der Waals surface area contributed by atoms with Crippen LogP contribution >= 0.6 is 34.2 Å².